The molecule has 0 fully saturated rings. The zero-order valence-electron chi connectivity index (χ0n) is 12.7. The monoisotopic (exact) mass is 328 g/mol. The van der Waals surface area contributed by atoms with E-state index in [4.69, 9.17) is 11.6 Å². The Balaban J connectivity index is 1.52. The molecular weight excluding hydrogens is 312 g/mol. The fourth-order valence-corrected chi connectivity index (χ4v) is 2.57. The molecule has 0 saturated carbocycles. The molecule has 0 bridgehead atoms. The van der Waals surface area contributed by atoms with Crippen LogP contribution in [0, 0.1) is 6.92 Å². The van der Waals surface area contributed by atoms with Gasteiger partial charge in [0.2, 0.25) is 0 Å². The Morgan fingerprint density at radius 3 is 2.96 bits per heavy atom. The van der Waals surface area contributed by atoms with Crippen LogP contribution in [0.4, 0.5) is 10.5 Å². The van der Waals surface area contributed by atoms with E-state index in [0.717, 1.165) is 22.6 Å². The van der Waals surface area contributed by atoms with E-state index in [2.05, 4.69) is 15.6 Å². The van der Waals surface area contributed by atoms with Gasteiger partial charge in [0.15, 0.2) is 0 Å². The lowest BCUT2D eigenvalue weighted by Crippen LogP contribution is -2.30. The van der Waals surface area contributed by atoms with Crippen molar-refractivity contribution < 1.29 is 4.79 Å². The summed E-state index contributed by atoms with van der Waals surface area (Å²) in [6.07, 6.45) is 4.60. The van der Waals surface area contributed by atoms with Crippen molar-refractivity contribution in [2.75, 3.05) is 11.9 Å². The number of anilines is 1. The second kappa shape index (κ2) is 6.71. The van der Waals surface area contributed by atoms with Gasteiger partial charge in [-0.2, -0.15) is 0 Å². The quantitative estimate of drug-likeness (QED) is 0.768. The first-order valence-electron chi connectivity index (χ1n) is 7.35. The molecule has 0 radical (unpaired) electrons. The van der Waals surface area contributed by atoms with E-state index in [-0.39, 0.29) is 6.03 Å². The summed E-state index contributed by atoms with van der Waals surface area (Å²) in [6, 6.07) is 11.0. The van der Waals surface area contributed by atoms with Gasteiger partial charge >= 0.3 is 6.03 Å². The molecule has 2 amide bonds. The number of amides is 2. The van der Waals surface area contributed by atoms with Crippen molar-refractivity contribution in [3.05, 3.63) is 65.1 Å². The molecule has 23 heavy (non-hydrogen) atoms. The Kier molecular flexibility index (Phi) is 4.48. The Labute approximate surface area is 139 Å². The van der Waals surface area contributed by atoms with Crippen LogP contribution >= 0.6 is 11.6 Å². The van der Waals surface area contributed by atoms with Gasteiger partial charge in [0.25, 0.3) is 0 Å². The second-order valence-corrected chi connectivity index (χ2v) is 5.72. The van der Waals surface area contributed by atoms with Gasteiger partial charge in [0.1, 0.15) is 5.65 Å². The minimum atomic E-state index is -0.237. The Morgan fingerprint density at radius 1 is 1.30 bits per heavy atom. The number of hydrogen-bond donors (Lipinski definition) is 2. The molecule has 0 aliphatic carbocycles. The standard InChI is InChI=1S/C17H17ClN4O/c1-12-10-13(18)5-6-15(12)21-17(23)19-8-7-14-11-22-9-3-2-4-16(22)20-14/h2-6,9-11H,7-8H2,1H3,(H2,19,21,23). The second-order valence-electron chi connectivity index (χ2n) is 5.29. The van der Waals surface area contributed by atoms with Crippen LogP contribution in [0.5, 0.6) is 0 Å². The molecule has 0 spiro atoms. The highest BCUT2D eigenvalue weighted by atomic mass is 35.5. The van der Waals surface area contributed by atoms with Gasteiger partial charge in [-0.05, 0) is 42.8 Å². The zero-order valence-corrected chi connectivity index (χ0v) is 13.5. The van der Waals surface area contributed by atoms with Crippen LogP contribution in [0.3, 0.4) is 0 Å². The number of carbonyl (C=O) groups excluding carboxylic acids is 1. The van der Waals surface area contributed by atoms with E-state index in [9.17, 15) is 4.79 Å². The number of imidazole rings is 1. The first-order valence-corrected chi connectivity index (χ1v) is 7.73. The third-order valence-corrected chi connectivity index (χ3v) is 3.75. The maximum Gasteiger partial charge on any atom is 0.319 e. The van der Waals surface area contributed by atoms with Crippen molar-refractivity contribution in [2.45, 2.75) is 13.3 Å². The maximum absolute atomic E-state index is 11.9. The Morgan fingerprint density at radius 2 is 2.17 bits per heavy atom. The molecule has 5 nitrogen and oxygen atoms in total. The van der Waals surface area contributed by atoms with Crippen LogP contribution in [0.1, 0.15) is 11.3 Å². The Hall–Kier alpha value is -2.53. The third kappa shape index (κ3) is 3.81. The summed E-state index contributed by atoms with van der Waals surface area (Å²) in [6.45, 7) is 2.42. The first kappa shape index (κ1) is 15.4. The van der Waals surface area contributed by atoms with Gasteiger partial charge in [-0.3, -0.25) is 0 Å². The van der Waals surface area contributed by atoms with E-state index in [1.165, 1.54) is 0 Å². The van der Waals surface area contributed by atoms with Gasteiger partial charge < -0.3 is 15.0 Å². The van der Waals surface area contributed by atoms with Crippen molar-refractivity contribution in [1.29, 1.82) is 0 Å². The summed E-state index contributed by atoms with van der Waals surface area (Å²) >= 11 is 5.90. The topological polar surface area (TPSA) is 58.4 Å². The number of carbonyl (C=O) groups is 1. The van der Waals surface area contributed by atoms with E-state index in [0.29, 0.717) is 18.0 Å². The summed E-state index contributed by atoms with van der Waals surface area (Å²) in [5.41, 5.74) is 3.52. The van der Waals surface area contributed by atoms with E-state index in [1.807, 2.05) is 48.0 Å². The fraction of sp³-hybridized carbons (Fsp3) is 0.176. The smallest absolute Gasteiger partial charge is 0.319 e. The molecule has 0 atom stereocenters. The van der Waals surface area contributed by atoms with Gasteiger partial charge in [0.05, 0.1) is 5.69 Å². The number of benzene rings is 1. The third-order valence-electron chi connectivity index (χ3n) is 3.52. The number of hydrogen-bond acceptors (Lipinski definition) is 2. The lowest BCUT2D eigenvalue weighted by atomic mass is 10.2. The summed E-state index contributed by atoms with van der Waals surface area (Å²) < 4.78 is 1.96. The Bertz CT molecular complexity index is 810. The minimum absolute atomic E-state index is 0.237. The zero-order chi connectivity index (χ0) is 16.2. The van der Waals surface area contributed by atoms with E-state index < -0.39 is 0 Å². The van der Waals surface area contributed by atoms with Crippen molar-refractivity contribution in [3.63, 3.8) is 0 Å². The normalized spacial score (nSPS) is 10.7. The number of aromatic nitrogens is 2. The lowest BCUT2D eigenvalue weighted by Gasteiger charge is -2.09. The number of urea groups is 1. The SMILES string of the molecule is Cc1cc(Cl)ccc1NC(=O)NCCc1cn2ccccc2n1. The average molecular weight is 329 g/mol. The average Bonchev–Trinajstić information content (AvgIpc) is 2.93. The fourth-order valence-electron chi connectivity index (χ4n) is 2.35. The van der Waals surface area contributed by atoms with E-state index >= 15 is 0 Å². The highest BCUT2D eigenvalue weighted by Gasteiger charge is 2.05. The number of fused-ring (bicyclic) bond motifs is 1. The molecule has 0 aliphatic rings. The van der Waals surface area contributed by atoms with Crippen molar-refractivity contribution >= 4 is 29.0 Å². The van der Waals surface area contributed by atoms with Gasteiger partial charge in [0, 0.05) is 36.1 Å². The van der Waals surface area contributed by atoms with Crippen LogP contribution in [-0.4, -0.2) is 22.0 Å². The van der Waals surface area contributed by atoms with Crippen LogP contribution in [0.15, 0.2) is 48.8 Å². The highest BCUT2D eigenvalue weighted by molar-refractivity contribution is 6.30. The molecule has 3 aromatic rings. The lowest BCUT2D eigenvalue weighted by molar-refractivity contribution is 0.252. The molecule has 2 heterocycles. The van der Waals surface area contributed by atoms with E-state index in [1.54, 1.807) is 12.1 Å². The maximum atomic E-state index is 11.9. The number of pyridine rings is 1. The number of nitrogens with one attached hydrogen (secondary N) is 2. The molecule has 1 aromatic carbocycles. The summed E-state index contributed by atoms with van der Waals surface area (Å²) in [5.74, 6) is 0. The van der Waals surface area contributed by atoms with Crippen LogP contribution < -0.4 is 10.6 Å². The predicted octanol–water partition coefficient (Wildman–Crippen LogP) is 3.66. The van der Waals surface area contributed by atoms with Crippen molar-refractivity contribution in [2.24, 2.45) is 0 Å². The van der Waals surface area contributed by atoms with Gasteiger partial charge in [-0.1, -0.05) is 17.7 Å². The molecular formula is C17H17ClN4O. The molecule has 2 aromatic heterocycles. The number of nitrogens with zero attached hydrogens (tertiary/aromatic N) is 2. The van der Waals surface area contributed by atoms with Crippen molar-refractivity contribution in [1.82, 2.24) is 14.7 Å². The molecule has 0 saturated heterocycles. The summed E-state index contributed by atoms with van der Waals surface area (Å²) in [7, 11) is 0. The van der Waals surface area contributed by atoms with Crippen molar-refractivity contribution in [3.8, 4) is 0 Å². The number of halogens is 1. The molecule has 3 rings (SSSR count). The number of rotatable bonds is 4. The molecule has 0 unspecified atom stereocenters. The summed E-state index contributed by atoms with van der Waals surface area (Å²) in [5, 5.41) is 6.30. The van der Waals surface area contributed by atoms with Crippen LogP contribution in [-0.2, 0) is 6.42 Å². The molecule has 2 N–H and O–H groups in total. The van der Waals surface area contributed by atoms with Crippen LogP contribution in [0.2, 0.25) is 5.02 Å². The van der Waals surface area contributed by atoms with Gasteiger partial charge in [-0.25, -0.2) is 9.78 Å². The first-order chi connectivity index (χ1) is 11.1. The summed E-state index contributed by atoms with van der Waals surface area (Å²) in [4.78, 5) is 16.4. The highest BCUT2D eigenvalue weighted by Crippen LogP contribution is 2.19. The molecule has 6 heteroatoms. The molecule has 0 aliphatic heterocycles. The largest absolute Gasteiger partial charge is 0.337 e. The minimum Gasteiger partial charge on any atom is -0.337 e. The van der Waals surface area contributed by atoms with Gasteiger partial charge in [-0.15, -0.1) is 0 Å². The number of aryl methyl sites for hydroxylation is 1. The molecule has 118 valence electrons. The predicted molar refractivity (Wildman–Crippen MR) is 92.1 cm³/mol. The van der Waals surface area contributed by atoms with Crippen LogP contribution in [0.25, 0.3) is 5.65 Å².